The third-order valence-corrected chi connectivity index (χ3v) is 4.05. The van der Waals surface area contributed by atoms with Crippen molar-refractivity contribution in [1.29, 1.82) is 0 Å². The predicted octanol–water partition coefficient (Wildman–Crippen LogP) is 2.32. The number of hydrogen-bond acceptors (Lipinski definition) is 3. The van der Waals surface area contributed by atoms with Crippen LogP contribution in [0.5, 0.6) is 0 Å². The Hall–Kier alpha value is -0.610. The Morgan fingerprint density at radius 2 is 2.06 bits per heavy atom. The summed E-state index contributed by atoms with van der Waals surface area (Å²) < 4.78 is 5.68. The first-order chi connectivity index (χ1) is 8.60. The number of carboxylic acids is 1. The van der Waals surface area contributed by atoms with Gasteiger partial charge >= 0.3 is 5.97 Å². The number of unbranched alkanes of at least 4 members (excludes halogenated alkanes) is 1. The summed E-state index contributed by atoms with van der Waals surface area (Å²) in [5.74, 6) is -0.727. The second-order valence-electron chi connectivity index (χ2n) is 5.94. The molecule has 0 bridgehead atoms. The van der Waals surface area contributed by atoms with E-state index in [2.05, 4.69) is 5.32 Å². The molecule has 4 heteroatoms. The summed E-state index contributed by atoms with van der Waals surface area (Å²) in [6.07, 6.45) is 8.99. The van der Waals surface area contributed by atoms with Gasteiger partial charge in [-0.05, 0) is 58.3 Å². The van der Waals surface area contributed by atoms with Crippen LogP contribution < -0.4 is 5.32 Å². The Morgan fingerprint density at radius 1 is 1.33 bits per heavy atom. The van der Waals surface area contributed by atoms with E-state index in [0.29, 0.717) is 18.6 Å². The fourth-order valence-corrected chi connectivity index (χ4v) is 2.29. The molecular formula is C14H25NO3. The standard InChI is InChI=1S/C14H25NO3/c1-14(13(16)17,15-11-7-8-11)9-2-3-10-18-12-5-4-6-12/h11-12,15H,2-10H2,1H3,(H,16,17). The lowest BCUT2D eigenvalue weighted by Gasteiger charge is -2.27. The van der Waals surface area contributed by atoms with E-state index in [1.165, 1.54) is 19.3 Å². The smallest absolute Gasteiger partial charge is 0.323 e. The molecule has 2 fully saturated rings. The second-order valence-corrected chi connectivity index (χ2v) is 5.94. The lowest BCUT2D eigenvalue weighted by molar-refractivity contribution is -0.144. The summed E-state index contributed by atoms with van der Waals surface area (Å²) in [4.78, 5) is 11.3. The van der Waals surface area contributed by atoms with Gasteiger partial charge in [-0.1, -0.05) is 0 Å². The molecule has 0 heterocycles. The van der Waals surface area contributed by atoms with Crippen molar-refractivity contribution in [2.24, 2.45) is 0 Å². The summed E-state index contributed by atoms with van der Waals surface area (Å²) in [5, 5.41) is 12.6. The number of nitrogens with one attached hydrogen (secondary N) is 1. The average molecular weight is 255 g/mol. The van der Waals surface area contributed by atoms with Crippen LogP contribution in [0, 0.1) is 0 Å². The normalized spacial score (nSPS) is 23.4. The number of aliphatic carboxylic acids is 1. The Morgan fingerprint density at radius 3 is 2.56 bits per heavy atom. The fourth-order valence-electron chi connectivity index (χ4n) is 2.29. The van der Waals surface area contributed by atoms with E-state index >= 15 is 0 Å². The summed E-state index contributed by atoms with van der Waals surface area (Å²) in [5.41, 5.74) is -0.752. The molecule has 0 amide bonds. The van der Waals surface area contributed by atoms with Crippen LogP contribution in [0.15, 0.2) is 0 Å². The topological polar surface area (TPSA) is 58.6 Å². The molecular weight excluding hydrogens is 230 g/mol. The minimum atomic E-state index is -0.752. The molecule has 104 valence electrons. The van der Waals surface area contributed by atoms with Crippen molar-refractivity contribution in [2.45, 2.75) is 76.0 Å². The molecule has 18 heavy (non-hydrogen) atoms. The quantitative estimate of drug-likeness (QED) is 0.621. The van der Waals surface area contributed by atoms with Gasteiger partial charge < -0.3 is 9.84 Å². The fraction of sp³-hybridized carbons (Fsp3) is 0.929. The van der Waals surface area contributed by atoms with E-state index in [9.17, 15) is 9.90 Å². The zero-order valence-electron chi connectivity index (χ0n) is 11.3. The zero-order chi connectivity index (χ0) is 13.0. The van der Waals surface area contributed by atoms with Gasteiger partial charge in [0.1, 0.15) is 5.54 Å². The van der Waals surface area contributed by atoms with Crippen LogP contribution in [0.4, 0.5) is 0 Å². The molecule has 2 N–H and O–H groups in total. The Kier molecular flexibility index (Phi) is 4.62. The monoisotopic (exact) mass is 255 g/mol. The molecule has 2 rings (SSSR count). The van der Waals surface area contributed by atoms with Crippen molar-refractivity contribution in [2.75, 3.05) is 6.61 Å². The minimum Gasteiger partial charge on any atom is -0.480 e. The number of ether oxygens (including phenoxy) is 1. The largest absolute Gasteiger partial charge is 0.480 e. The summed E-state index contributed by atoms with van der Waals surface area (Å²) in [7, 11) is 0. The maximum Gasteiger partial charge on any atom is 0.323 e. The SMILES string of the molecule is CC(CCCCOC1CCC1)(NC1CC1)C(=O)O. The zero-order valence-corrected chi connectivity index (χ0v) is 11.3. The highest BCUT2D eigenvalue weighted by Crippen LogP contribution is 2.26. The number of carbonyl (C=O) groups is 1. The van der Waals surface area contributed by atoms with Gasteiger partial charge in [0.2, 0.25) is 0 Å². The van der Waals surface area contributed by atoms with Crippen molar-refractivity contribution < 1.29 is 14.6 Å². The molecule has 2 aliphatic rings. The van der Waals surface area contributed by atoms with Gasteiger partial charge in [0, 0.05) is 12.6 Å². The first-order valence-electron chi connectivity index (χ1n) is 7.23. The van der Waals surface area contributed by atoms with Crippen molar-refractivity contribution >= 4 is 5.97 Å². The first-order valence-corrected chi connectivity index (χ1v) is 7.23. The van der Waals surface area contributed by atoms with Gasteiger partial charge in [-0.3, -0.25) is 10.1 Å². The van der Waals surface area contributed by atoms with E-state index in [4.69, 9.17) is 4.74 Å². The van der Waals surface area contributed by atoms with Crippen LogP contribution in [-0.4, -0.2) is 35.4 Å². The summed E-state index contributed by atoms with van der Waals surface area (Å²) >= 11 is 0. The van der Waals surface area contributed by atoms with E-state index < -0.39 is 11.5 Å². The lowest BCUT2D eigenvalue weighted by atomic mass is 9.94. The molecule has 2 aliphatic carbocycles. The van der Waals surface area contributed by atoms with E-state index in [-0.39, 0.29) is 0 Å². The van der Waals surface area contributed by atoms with Crippen LogP contribution >= 0.6 is 0 Å². The van der Waals surface area contributed by atoms with Crippen LogP contribution in [0.25, 0.3) is 0 Å². The van der Waals surface area contributed by atoms with Crippen molar-refractivity contribution in [3.05, 3.63) is 0 Å². The van der Waals surface area contributed by atoms with Gasteiger partial charge in [0.05, 0.1) is 6.10 Å². The third-order valence-electron chi connectivity index (χ3n) is 4.05. The van der Waals surface area contributed by atoms with Crippen molar-refractivity contribution in [3.63, 3.8) is 0 Å². The maximum absolute atomic E-state index is 11.3. The number of hydrogen-bond donors (Lipinski definition) is 2. The van der Waals surface area contributed by atoms with Gasteiger partial charge in [0.25, 0.3) is 0 Å². The molecule has 0 radical (unpaired) electrons. The second kappa shape index (κ2) is 6.02. The van der Waals surface area contributed by atoms with Crippen LogP contribution in [0.2, 0.25) is 0 Å². The molecule has 4 nitrogen and oxygen atoms in total. The van der Waals surface area contributed by atoms with Crippen LogP contribution in [-0.2, 0) is 9.53 Å². The van der Waals surface area contributed by atoms with Crippen molar-refractivity contribution in [1.82, 2.24) is 5.32 Å². The molecule has 1 atom stereocenters. The van der Waals surface area contributed by atoms with Gasteiger partial charge in [-0.2, -0.15) is 0 Å². The molecule has 0 aromatic rings. The van der Waals surface area contributed by atoms with E-state index in [1.807, 2.05) is 0 Å². The number of carboxylic acid groups (broad SMARTS) is 1. The molecule has 0 aromatic heterocycles. The molecule has 0 aliphatic heterocycles. The highest BCUT2D eigenvalue weighted by atomic mass is 16.5. The van der Waals surface area contributed by atoms with E-state index in [0.717, 1.165) is 32.3 Å². The minimum absolute atomic E-state index is 0.428. The predicted molar refractivity (Wildman–Crippen MR) is 69.6 cm³/mol. The van der Waals surface area contributed by atoms with Gasteiger partial charge in [0.15, 0.2) is 0 Å². The first kappa shape index (κ1) is 13.8. The molecule has 0 aromatic carbocycles. The Bertz CT molecular complexity index is 287. The summed E-state index contributed by atoms with van der Waals surface area (Å²) in [6.45, 7) is 2.59. The molecule has 0 spiro atoms. The lowest BCUT2D eigenvalue weighted by Crippen LogP contribution is -2.50. The molecule has 1 unspecified atom stereocenters. The third kappa shape index (κ3) is 3.95. The van der Waals surface area contributed by atoms with Gasteiger partial charge in [-0.15, -0.1) is 0 Å². The highest BCUT2D eigenvalue weighted by molar-refractivity contribution is 5.78. The number of rotatable bonds is 9. The maximum atomic E-state index is 11.3. The highest BCUT2D eigenvalue weighted by Gasteiger charge is 2.37. The molecule has 2 saturated carbocycles. The van der Waals surface area contributed by atoms with Crippen LogP contribution in [0.1, 0.15) is 58.3 Å². The van der Waals surface area contributed by atoms with Crippen LogP contribution in [0.3, 0.4) is 0 Å². The van der Waals surface area contributed by atoms with E-state index in [1.54, 1.807) is 6.92 Å². The average Bonchev–Trinajstić information content (AvgIpc) is 3.04. The Labute approximate surface area is 109 Å². The van der Waals surface area contributed by atoms with Gasteiger partial charge in [-0.25, -0.2) is 0 Å². The van der Waals surface area contributed by atoms with Crippen molar-refractivity contribution in [3.8, 4) is 0 Å². The Balaban J connectivity index is 1.60. The molecule has 0 saturated heterocycles. The summed E-state index contributed by atoms with van der Waals surface area (Å²) in [6, 6.07) is 0.428.